The minimum atomic E-state index is -4.48. The number of imidazole rings is 1. The zero-order chi connectivity index (χ0) is 33.4. The van der Waals surface area contributed by atoms with Crippen LogP contribution in [0.3, 0.4) is 0 Å². The van der Waals surface area contributed by atoms with Crippen molar-refractivity contribution in [3.05, 3.63) is 90.0 Å². The third-order valence-corrected chi connectivity index (χ3v) is 8.57. The molecule has 0 aliphatic carbocycles. The Morgan fingerprint density at radius 1 is 0.708 bits per heavy atom. The Bertz CT molecular complexity index is 1870. The minimum absolute atomic E-state index is 0.0188. The Hall–Kier alpha value is -4.92. The molecule has 3 aromatic carbocycles. The number of morpholine rings is 1. The number of rotatable bonds is 7. The van der Waals surface area contributed by atoms with Crippen LogP contribution in [0.25, 0.3) is 17.0 Å². The van der Waals surface area contributed by atoms with Crippen LogP contribution in [0.5, 0.6) is 0 Å². The van der Waals surface area contributed by atoms with Crippen LogP contribution in [-0.4, -0.2) is 69.9 Å². The highest BCUT2D eigenvalue weighted by Crippen LogP contribution is 2.36. The Kier molecular flexibility index (Phi) is 8.54. The Balaban J connectivity index is 1.22. The zero-order valence-electron chi connectivity index (χ0n) is 25.5. The molecule has 7 rings (SSSR count). The highest BCUT2D eigenvalue weighted by atomic mass is 19.4. The second kappa shape index (κ2) is 12.9. The summed E-state index contributed by atoms with van der Waals surface area (Å²) in [7, 11) is 0. The van der Waals surface area contributed by atoms with Crippen molar-refractivity contribution in [2.45, 2.75) is 31.5 Å². The molecule has 0 atom stereocenters. The Labute approximate surface area is 271 Å². The van der Waals surface area contributed by atoms with Gasteiger partial charge in [0.2, 0.25) is 17.8 Å². The normalized spacial score (nSPS) is 16.2. The predicted molar refractivity (Wildman–Crippen MR) is 168 cm³/mol. The highest BCUT2D eigenvalue weighted by molar-refractivity contribution is 5.77. The standard InChI is InChI=1S/C33H30F6N8O/c34-22-7-11-24(12-8-22)46(23-9-5-21(6-10-23)33(37,38)39)25-13-15-44(16-14-25)30-41-31(45-17-19-48-20-18-45)43-32(42-30)47-27-4-2-1-3-26(27)40-29(47)28(35)36/h1-12,25,28H,13-20H2. The van der Waals surface area contributed by atoms with Crippen LogP contribution >= 0.6 is 0 Å². The van der Waals surface area contributed by atoms with Gasteiger partial charge in [0.15, 0.2) is 5.82 Å². The molecule has 0 N–H and O–H groups in total. The van der Waals surface area contributed by atoms with Crippen molar-refractivity contribution in [3.63, 3.8) is 0 Å². The fourth-order valence-electron chi connectivity index (χ4n) is 6.20. The molecule has 0 bridgehead atoms. The van der Waals surface area contributed by atoms with E-state index in [1.54, 1.807) is 36.4 Å². The molecule has 2 aliphatic heterocycles. The van der Waals surface area contributed by atoms with Gasteiger partial charge < -0.3 is 19.4 Å². The number of para-hydroxylation sites is 2. The van der Waals surface area contributed by atoms with E-state index in [9.17, 15) is 26.3 Å². The summed E-state index contributed by atoms with van der Waals surface area (Å²) in [6.07, 6.45) is -6.28. The van der Waals surface area contributed by atoms with E-state index < -0.39 is 29.8 Å². The zero-order valence-corrected chi connectivity index (χ0v) is 25.5. The smallest absolute Gasteiger partial charge is 0.378 e. The van der Waals surface area contributed by atoms with E-state index in [0.717, 1.165) is 12.1 Å². The minimum Gasteiger partial charge on any atom is -0.378 e. The molecule has 2 saturated heterocycles. The van der Waals surface area contributed by atoms with Gasteiger partial charge in [0.25, 0.3) is 6.43 Å². The van der Waals surface area contributed by atoms with Gasteiger partial charge in [0.05, 0.1) is 29.8 Å². The van der Waals surface area contributed by atoms with Crippen molar-refractivity contribution in [1.82, 2.24) is 24.5 Å². The molecule has 5 aromatic rings. The molecule has 2 aromatic heterocycles. The van der Waals surface area contributed by atoms with Crippen LogP contribution < -0.4 is 14.7 Å². The molecule has 0 spiro atoms. The van der Waals surface area contributed by atoms with Crippen LogP contribution in [0.2, 0.25) is 0 Å². The molecule has 9 nitrogen and oxygen atoms in total. The molecule has 250 valence electrons. The third-order valence-electron chi connectivity index (χ3n) is 8.57. The van der Waals surface area contributed by atoms with E-state index in [-0.39, 0.29) is 12.0 Å². The van der Waals surface area contributed by atoms with Gasteiger partial charge in [-0.1, -0.05) is 12.1 Å². The molecule has 2 fully saturated rings. The summed E-state index contributed by atoms with van der Waals surface area (Å²) in [5.41, 5.74) is 1.23. The maximum Gasteiger partial charge on any atom is 0.416 e. The molecule has 2 aliphatic rings. The second-order valence-electron chi connectivity index (χ2n) is 11.5. The number of aromatic nitrogens is 5. The average molecular weight is 669 g/mol. The molecular weight excluding hydrogens is 638 g/mol. The van der Waals surface area contributed by atoms with Crippen LogP contribution in [0.1, 0.15) is 30.7 Å². The molecule has 15 heteroatoms. The molecular formula is C33H30F6N8O. The first-order valence-electron chi connectivity index (χ1n) is 15.5. The van der Waals surface area contributed by atoms with Crippen molar-refractivity contribution in [1.29, 1.82) is 0 Å². The number of nitrogens with zero attached hydrogens (tertiary/aromatic N) is 8. The van der Waals surface area contributed by atoms with Gasteiger partial charge in [-0.3, -0.25) is 4.57 Å². The lowest BCUT2D eigenvalue weighted by atomic mass is 10.0. The topological polar surface area (TPSA) is 75.4 Å². The summed E-state index contributed by atoms with van der Waals surface area (Å²) in [6.45, 7) is 2.83. The largest absolute Gasteiger partial charge is 0.416 e. The van der Waals surface area contributed by atoms with Gasteiger partial charge in [0.1, 0.15) is 5.82 Å². The first-order valence-corrected chi connectivity index (χ1v) is 15.5. The van der Waals surface area contributed by atoms with Gasteiger partial charge in [0, 0.05) is 43.6 Å². The van der Waals surface area contributed by atoms with Gasteiger partial charge in [-0.15, -0.1) is 0 Å². The number of benzene rings is 3. The maximum atomic E-state index is 14.3. The fourth-order valence-corrected chi connectivity index (χ4v) is 6.20. The summed E-state index contributed by atoms with van der Waals surface area (Å²) in [6, 6.07) is 17.4. The summed E-state index contributed by atoms with van der Waals surface area (Å²) in [5, 5.41) is 0. The van der Waals surface area contributed by atoms with Crippen molar-refractivity contribution in [2.24, 2.45) is 0 Å². The molecule has 0 saturated carbocycles. The van der Waals surface area contributed by atoms with Crippen LogP contribution in [0.4, 0.5) is 49.6 Å². The van der Waals surface area contributed by atoms with E-state index in [4.69, 9.17) is 9.72 Å². The van der Waals surface area contributed by atoms with E-state index >= 15 is 0 Å². The van der Waals surface area contributed by atoms with Gasteiger partial charge in [-0.2, -0.15) is 28.1 Å². The number of ether oxygens (including phenoxy) is 1. The average Bonchev–Trinajstić information content (AvgIpc) is 3.50. The number of halogens is 6. The number of piperidine rings is 1. The number of fused-ring (bicyclic) bond motifs is 1. The first kappa shape index (κ1) is 31.7. The monoisotopic (exact) mass is 668 g/mol. The number of anilines is 4. The molecule has 0 radical (unpaired) electrons. The van der Waals surface area contributed by atoms with Crippen molar-refractivity contribution in [3.8, 4) is 5.95 Å². The fraction of sp³-hybridized carbons (Fsp3) is 0.333. The maximum absolute atomic E-state index is 14.3. The van der Waals surface area contributed by atoms with E-state index in [0.29, 0.717) is 86.5 Å². The van der Waals surface area contributed by atoms with Gasteiger partial charge in [-0.05, 0) is 73.5 Å². The van der Waals surface area contributed by atoms with E-state index in [2.05, 4.69) is 15.0 Å². The highest BCUT2D eigenvalue weighted by Gasteiger charge is 2.32. The van der Waals surface area contributed by atoms with Gasteiger partial charge >= 0.3 is 6.18 Å². The molecule has 4 heterocycles. The number of hydrogen-bond acceptors (Lipinski definition) is 8. The van der Waals surface area contributed by atoms with Crippen molar-refractivity contribution < 1.29 is 31.1 Å². The lowest BCUT2D eigenvalue weighted by Crippen LogP contribution is -2.44. The lowest BCUT2D eigenvalue weighted by molar-refractivity contribution is -0.137. The van der Waals surface area contributed by atoms with Crippen LogP contribution in [0.15, 0.2) is 72.8 Å². The first-order chi connectivity index (χ1) is 23.2. The quantitative estimate of drug-likeness (QED) is 0.173. The summed E-state index contributed by atoms with van der Waals surface area (Å²) < 4.78 is 89.2. The molecule has 0 amide bonds. The summed E-state index contributed by atoms with van der Waals surface area (Å²) >= 11 is 0. The van der Waals surface area contributed by atoms with E-state index in [1.165, 1.54) is 28.8 Å². The Morgan fingerprint density at radius 3 is 1.88 bits per heavy atom. The third kappa shape index (κ3) is 6.33. The number of hydrogen-bond donors (Lipinski definition) is 0. The van der Waals surface area contributed by atoms with Gasteiger partial charge in [-0.25, -0.2) is 18.2 Å². The van der Waals surface area contributed by atoms with E-state index in [1.807, 2.05) is 14.7 Å². The number of alkyl halides is 5. The van der Waals surface area contributed by atoms with Crippen LogP contribution in [-0.2, 0) is 10.9 Å². The summed E-state index contributed by atoms with van der Waals surface area (Å²) in [4.78, 5) is 24.0. The molecule has 48 heavy (non-hydrogen) atoms. The molecule has 0 unspecified atom stereocenters. The Morgan fingerprint density at radius 2 is 1.27 bits per heavy atom. The lowest BCUT2D eigenvalue weighted by Gasteiger charge is -2.40. The second-order valence-corrected chi connectivity index (χ2v) is 11.5. The van der Waals surface area contributed by atoms with Crippen molar-refractivity contribution >= 4 is 34.3 Å². The van der Waals surface area contributed by atoms with Crippen molar-refractivity contribution in [2.75, 3.05) is 54.1 Å². The SMILES string of the molecule is Fc1ccc(N(c2ccc(C(F)(F)F)cc2)C2CCN(c3nc(N4CCOCC4)nc(-n4c(C(F)F)nc5ccccc54)n3)CC2)cc1. The predicted octanol–water partition coefficient (Wildman–Crippen LogP) is 6.95. The van der Waals surface area contributed by atoms with Crippen LogP contribution in [0, 0.1) is 5.82 Å². The summed E-state index contributed by atoms with van der Waals surface area (Å²) in [5.74, 6) is -0.253.